The maximum absolute atomic E-state index is 12.1. The number of aromatic nitrogens is 3. The number of pyridine rings is 1. The average molecular weight is 344 g/mol. The summed E-state index contributed by atoms with van der Waals surface area (Å²) in [5.41, 5.74) is 1.29. The van der Waals surface area contributed by atoms with Gasteiger partial charge in [-0.3, -0.25) is 10.3 Å². The van der Waals surface area contributed by atoms with Gasteiger partial charge >= 0.3 is 6.03 Å². The van der Waals surface area contributed by atoms with Gasteiger partial charge in [0, 0.05) is 18.0 Å². The summed E-state index contributed by atoms with van der Waals surface area (Å²) in [7, 11) is 0. The third kappa shape index (κ3) is 3.82. The molecule has 0 atom stereocenters. The Labute approximate surface area is 142 Å². The van der Waals surface area contributed by atoms with Crippen LogP contribution in [0.3, 0.4) is 0 Å². The van der Waals surface area contributed by atoms with E-state index in [1.807, 2.05) is 18.2 Å². The highest BCUT2D eigenvalue weighted by molar-refractivity contribution is 6.32. The van der Waals surface area contributed by atoms with Crippen LogP contribution < -0.4 is 10.6 Å². The molecular weight excluding hydrogens is 330 g/mol. The maximum Gasteiger partial charge on any atom is 0.324 e. The summed E-state index contributed by atoms with van der Waals surface area (Å²) in [6, 6.07) is 11.3. The predicted molar refractivity (Wildman–Crippen MR) is 91.3 cm³/mol. The molecule has 0 unspecified atom stereocenters. The third-order valence-electron chi connectivity index (χ3n) is 3.20. The number of hydrogen-bond donors (Lipinski definition) is 3. The lowest BCUT2D eigenvalue weighted by Gasteiger charge is -2.10. The number of benzene rings is 1. The van der Waals surface area contributed by atoms with Crippen LogP contribution in [0.5, 0.6) is 5.75 Å². The van der Waals surface area contributed by atoms with Crippen LogP contribution in [0.2, 0.25) is 5.02 Å². The summed E-state index contributed by atoms with van der Waals surface area (Å²) >= 11 is 5.81. The predicted octanol–water partition coefficient (Wildman–Crippen LogP) is 3.33. The van der Waals surface area contributed by atoms with E-state index in [0.717, 1.165) is 5.69 Å². The molecule has 0 saturated heterocycles. The zero-order valence-corrected chi connectivity index (χ0v) is 13.2. The van der Waals surface area contributed by atoms with Gasteiger partial charge in [0.1, 0.15) is 11.6 Å². The van der Waals surface area contributed by atoms with Crippen molar-refractivity contribution < 1.29 is 9.90 Å². The molecule has 1 aromatic carbocycles. The number of carbonyl (C=O) groups excluding carboxylic acids is 1. The van der Waals surface area contributed by atoms with E-state index in [0.29, 0.717) is 18.1 Å². The number of halogens is 1. The molecule has 0 bridgehead atoms. The van der Waals surface area contributed by atoms with Gasteiger partial charge in [-0.1, -0.05) is 17.7 Å². The molecule has 24 heavy (non-hydrogen) atoms. The highest BCUT2D eigenvalue weighted by atomic mass is 35.5. The van der Waals surface area contributed by atoms with Crippen molar-refractivity contribution in [1.29, 1.82) is 0 Å². The standard InChI is InChI=1S/C16H14ClN5O2/c17-13-9-11(4-5-14(13)23)20-16(24)21-15-6-8-19-22(15)10-12-3-1-2-7-18-12/h1-9,23H,10H2,(H2,20,21,24). The molecule has 7 nitrogen and oxygen atoms in total. The maximum atomic E-state index is 12.1. The highest BCUT2D eigenvalue weighted by Crippen LogP contribution is 2.26. The molecule has 122 valence electrons. The van der Waals surface area contributed by atoms with E-state index in [4.69, 9.17) is 11.6 Å². The van der Waals surface area contributed by atoms with E-state index >= 15 is 0 Å². The summed E-state index contributed by atoms with van der Waals surface area (Å²) < 4.78 is 1.63. The Hall–Kier alpha value is -3.06. The van der Waals surface area contributed by atoms with E-state index in [1.54, 1.807) is 29.2 Å². The fraction of sp³-hybridized carbons (Fsp3) is 0.0625. The van der Waals surface area contributed by atoms with Gasteiger partial charge in [-0.2, -0.15) is 5.10 Å². The van der Waals surface area contributed by atoms with Gasteiger partial charge in [-0.15, -0.1) is 0 Å². The average Bonchev–Trinajstić information content (AvgIpc) is 2.99. The molecule has 0 fully saturated rings. The first-order chi connectivity index (χ1) is 11.6. The number of carbonyl (C=O) groups is 1. The zero-order valence-electron chi connectivity index (χ0n) is 12.5. The van der Waals surface area contributed by atoms with Crippen LogP contribution in [0.1, 0.15) is 5.69 Å². The summed E-state index contributed by atoms with van der Waals surface area (Å²) in [6.07, 6.45) is 3.29. The summed E-state index contributed by atoms with van der Waals surface area (Å²) in [4.78, 5) is 16.3. The van der Waals surface area contributed by atoms with Crippen LogP contribution in [0.15, 0.2) is 54.9 Å². The second-order valence-electron chi connectivity index (χ2n) is 4.94. The van der Waals surface area contributed by atoms with E-state index in [9.17, 15) is 9.90 Å². The van der Waals surface area contributed by atoms with E-state index < -0.39 is 6.03 Å². The van der Waals surface area contributed by atoms with E-state index in [1.165, 1.54) is 12.1 Å². The van der Waals surface area contributed by atoms with Gasteiger partial charge in [0.2, 0.25) is 0 Å². The first kappa shape index (κ1) is 15.8. The fourth-order valence-corrected chi connectivity index (χ4v) is 2.25. The lowest BCUT2D eigenvalue weighted by atomic mass is 10.3. The summed E-state index contributed by atoms with van der Waals surface area (Å²) in [5.74, 6) is 0.485. The van der Waals surface area contributed by atoms with Gasteiger partial charge in [0.15, 0.2) is 0 Å². The number of hydrogen-bond acceptors (Lipinski definition) is 4. The van der Waals surface area contributed by atoms with Crippen molar-refractivity contribution in [2.45, 2.75) is 6.54 Å². The zero-order chi connectivity index (χ0) is 16.9. The number of urea groups is 1. The Morgan fingerprint density at radius 1 is 1.17 bits per heavy atom. The number of nitrogens with zero attached hydrogens (tertiary/aromatic N) is 3. The minimum Gasteiger partial charge on any atom is -0.506 e. The quantitative estimate of drug-likeness (QED) is 0.633. The van der Waals surface area contributed by atoms with Crippen LogP contribution in [0.4, 0.5) is 16.3 Å². The molecule has 8 heteroatoms. The summed E-state index contributed by atoms with van der Waals surface area (Å²) in [5, 5.41) is 19.1. The lowest BCUT2D eigenvalue weighted by Crippen LogP contribution is -2.22. The molecule has 3 N–H and O–H groups in total. The van der Waals surface area contributed by atoms with Crippen LogP contribution in [-0.4, -0.2) is 25.9 Å². The van der Waals surface area contributed by atoms with Gasteiger partial charge in [0.25, 0.3) is 0 Å². The molecular formula is C16H14ClN5O2. The fourth-order valence-electron chi connectivity index (χ4n) is 2.07. The molecule has 3 rings (SSSR count). The second-order valence-corrected chi connectivity index (χ2v) is 5.35. The molecule has 0 saturated carbocycles. The lowest BCUT2D eigenvalue weighted by molar-refractivity contribution is 0.262. The first-order valence-electron chi connectivity index (χ1n) is 7.10. The normalized spacial score (nSPS) is 10.4. The van der Waals surface area contributed by atoms with Crippen molar-refractivity contribution in [3.8, 4) is 5.75 Å². The van der Waals surface area contributed by atoms with Crippen molar-refractivity contribution >= 4 is 29.1 Å². The van der Waals surface area contributed by atoms with Crippen LogP contribution in [0.25, 0.3) is 0 Å². The number of amides is 2. The van der Waals surface area contributed by atoms with Crippen LogP contribution >= 0.6 is 11.6 Å². The molecule has 0 aliphatic carbocycles. The molecule has 0 aliphatic heterocycles. The Morgan fingerprint density at radius 2 is 2.04 bits per heavy atom. The minimum absolute atomic E-state index is 0.0453. The number of nitrogens with one attached hydrogen (secondary N) is 2. The van der Waals surface area contributed by atoms with Crippen LogP contribution in [0, 0.1) is 0 Å². The number of phenolic OH excluding ortho intramolecular Hbond substituents is 1. The highest BCUT2D eigenvalue weighted by Gasteiger charge is 2.09. The first-order valence-corrected chi connectivity index (χ1v) is 7.48. The number of anilines is 2. The van der Waals surface area contributed by atoms with Gasteiger partial charge < -0.3 is 10.4 Å². The molecule has 2 amide bonds. The molecule has 0 radical (unpaired) electrons. The topological polar surface area (TPSA) is 92.1 Å². The van der Waals surface area contributed by atoms with E-state index in [-0.39, 0.29) is 10.8 Å². The molecule has 2 heterocycles. The van der Waals surface area contributed by atoms with Crippen molar-refractivity contribution in [2.24, 2.45) is 0 Å². The van der Waals surface area contributed by atoms with Crippen molar-refractivity contribution in [1.82, 2.24) is 14.8 Å². The Kier molecular flexibility index (Phi) is 4.62. The molecule has 0 spiro atoms. The van der Waals surface area contributed by atoms with Gasteiger partial charge in [-0.05, 0) is 30.3 Å². The van der Waals surface area contributed by atoms with E-state index in [2.05, 4.69) is 20.7 Å². The van der Waals surface area contributed by atoms with Gasteiger partial charge in [0.05, 0.1) is 23.5 Å². The Balaban J connectivity index is 1.66. The molecule has 3 aromatic rings. The van der Waals surface area contributed by atoms with Crippen molar-refractivity contribution in [2.75, 3.05) is 10.6 Å². The van der Waals surface area contributed by atoms with Gasteiger partial charge in [-0.25, -0.2) is 9.48 Å². The smallest absolute Gasteiger partial charge is 0.324 e. The molecule has 2 aromatic heterocycles. The monoisotopic (exact) mass is 343 g/mol. The number of rotatable bonds is 4. The summed E-state index contributed by atoms with van der Waals surface area (Å²) in [6.45, 7) is 0.439. The Bertz CT molecular complexity index is 851. The molecule has 0 aliphatic rings. The second kappa shape index (κ2) is 7.01. The number of aromatic hydroxyl groups is 1. The van der Waals surface area contributed by atoms with Crippen molar-refractivity contribution in [3.63, 3.8) is 0 Å². The van der Waals surface area contributed by atoms with Crippen molar-refractivity contribution in [3.05, 3.63) is 65.6 Å². The minimum atomic E-state index is -0.445. The third-order valence-corrected chi connectivity index (χ3v) is 3.50. The van der Waals surface area contributed by atoms with Crippen LogP contribution in [-0.2, 0) is 6.54 Å². The Morgan fingerprint density at radius 3 is 2.79 bits per heavy atom. The number of phenols is 1. The largest absolute Gasteiger partial charge is 0.506 e. The SMILES string of the molecule is O=C(Nc1ccc(O)c(Cl)c1)Nc1ccnn1Cc1ccccn1.